The minimum Gasteiger partial charge on any atom is -0.453 e. The van der Waals surface area contributed by atoms with E-state index in [1.165, 1.54) is 20.4 Å². The van der Waals surface area contributed by atoms with Gasteiger partial charge in [0.05, 0.1) is 26.3 Å². The second-order valence-corrected chi connectivity index (χ2v) is 10.1. The second-order valence-electron chi connectivity index (χ2n) is 8.85. The molecule has 0 saturated carbocycles. The number of aromatic amines is 2. The fourth-order valence-corrected chi connectivity index (χ4v) is 4.47. The molecule has 4 N–H and O–H groups in total. The topological polar surface area (TPSA) is 168 Å². The van der Waals surface area contributed by atoms with E-state index in [1.54, 1.807) is 12.1 Å². The molecule has 1 aromatic carbocycles. The first-order valence-corrected chi connectivity index (χ1v) is 12.8. The Morgan fingerprint density at radius 3 is 2.15 bits per heavy atom. The van der Waals surface area contributed by atoms with E-state index in [1.807, 2.05) is 33.8 Å². The average molecular weight is 728 g/mol. The number of nitrogens with one attached hydrogen (secondary N) is 4. The maximum atomic E-state index is 12.4. The Balaban J connectivity index is 0.000000389. The molecule has 3 rings (SSSR count). The third-order valence-electron chi connectivity index (χ3n) is 5.29. The van der Waals surface area contributed by atoms with E-state index < -0.39 is 24.3 Å². The van der Waals surface area contributed by atoms with Gasteiger partial charge in [0.15, 0.2) is 5.52 Å². The number of H-pyrrole nitrogens is 2. The fraction of sp³-hybridized carbons (Fsp3) is 0.440. The predicted octanol–water partition coefficient (Wildman–Crippen LogP) is 2.27. The average Bonchev–Trinajstić information content (AvgIpc) is 3.54. The third-order valence-corrected chi connectivity index (χ3v) is 6.32. The molecule has 0 aliphatic rings. The molecule has 0 bridgehead atoms. The van der Waals surface area contributed by atoms with Gasteiger partial charge in [-0.05, 0) is 35.1 Å². The van der Waals surface area contributed by atoms with E-state index in [4.69, 9.17) is 0 Å². The van der Waals surface area contributed by atoms with Crippen LogP contribution in [0.2, 0.25) is 0 Å². The number of carbonyl (C=O) groups excluding carboxylic acids is 4. The molecule has 14 heteroatoms. The van der Waals surface area contributed by atoms with Crippen molar-refractivity contribution < 1.29 is 49.7 Å². The van der Waals surface area contributed by atoms with Gasteiger partial charge in [0.2, 0.25) is 0 Å². The fourth-order valence-electron chi connectivity index (χ4n) is 3.30. The van der Waals surface area contributed by atoms with E-state index in [0.717, 1.165) is 11.0 Å². The van der Waals surface area contributed by atoms with Crippen LogP contribution in [0.25, 0.3) is 11.0 Å². The van der Waals surface area contributed by atoms with Crippen LogP contribution in [0, 0.1) is 24.1 Å². The summed E-state index contributed by atoms with van der Waals surface area (Å²) >= 11 is 0. The number of methoxy groups -OCH3 is 2. The van der Waals surface area contributed by atoms with Gasteiger partial charge < -0.3 is 35.1 Å². The van der Waals surface area contributed by atoms with Crippen LogP contribution in [0.1, 0.15) is 33.5 Å². The number of rotatable bonds is 10. The summed E-state index contributed by atoms with van der Waals surface area (Å²) in [5, 5.41) is 5.08. The van der Waals surface area contributed by atoms with Gasteiger partial charge in [-0.1, -0.05) is 33.9 Å². The first kappa shape index (κ1) is 33.9. The van der Waals surface area contributed by atoms with Crippen LogP contribution in [0.3, 0.4) is 0 Å². The molecule has 0 saturated heterocycles. The second kappa shape index (κ2) is 16.8. The number of hydrogen-bond donors (Lipinski definition) is 4. The molecule has 12 nitrogen and oxygen atoms in total. The number of nitrogens with zero attached hydrogens (tertiary/aromatic N) is 2. The van der Waals surface area contributed by atoms with Crippen LogP contribution in [-0.4, -0.2) is 69.7 Å². The molecule has 3 unspecified atom stereocenters. The zero-order chi connectivity index (χ0) is 28.2. The molecular weight excluding hydrogens is 695 g/mol. The Morgan fingerprint density at radius 2 is 1.64 bits per heavy atom. The van der Waals surface area contributed by atoms with Crippen molar-refractivity contribution in [3.63, 3.8) is 0 Å². The number of imidazole rings is 2. The minimum atomic E-state index is -0.608. The summed E-state index contributed by atoms with van der Waals surface area (Å²) in [5.74, 6) is 0.378. The Morgan fingerprint density at radius 1 is 1.03 bits per heavy atom. The van der Waals surface area contributed by atoms with E-state index in [0.29, 0.717) is 11.4 Å². The van der Waals surface area contributed by atoms with Gasteiger partial charge in [0, 0.05) is 8.58 Å². The van der Waals surface area contributed by atoms with Crippen molar-refractivity contribution in [3.05, 3.63) is 42.5 Å². The number of aromatic nitrogens is 4. The smallest absolute Gasteiger partial charge is 0.453 e. The van der Waals surface area contributed by atoms with Crippen LogP contribution < -0.4 is 16.2 Å². The van der Waals surface area contributed by atoms with Gasteiger partial charge in [0.25, 0.3) is 0 Å². The van der Waals surface area contributed by atoms with Crippen LogP contribution in [0.15, 0.2) is 24.4 Å². The normalized spacial score (nSPS) is 12.3. The zero-order valence-corrected chi connectivity index (χ0v) is 26.5. The molecule has 0 aliphatic carbocycles. The van der Waals surface area contributed by atoms with Gasteiger partial charge in [-0.15, -0.1) is 18.3 Å². The third kappa shape index (κ3) is 10.9. The van der Waals surface area contributed by atoms with Gasteiger partial charge in [0.1, 0.15) is 11.3 Å². The first-order valence-electron chi connectivity index (χ1n) is 11.8. The van der Waals surface area contributed by atoms with Crippen molar-refractivity contribution in [1.29, 1.82) is 0 Å². The number of benzene rings is 1. The number of fused-ring (bicyclic) bond motifs is 1. The molecule has 3 atom stereocenters. The summed E-state index contributed by atoms with van der Waals surface area (Å²) in [6, 6.07) is 7.17. The molecule has 3 aromatic rings. The van der Waals surface area contributed by atoms with E-state index in [9.17, 15) is 19.2 Å². The minimum absolute atomic E-state index is 0. The van der Waals surface area contributed by atoms with Crippen molar-refractivity contribution >= 4 is 48.7 Å². The van der Waals surface area contributed by atoms with Crippen LogP contribution in [0.4, 0.5) is 9.59 Å². The predicted molar refractivity (Wildman–Crippen MR) is 142 cm³/mol. The first-order chi connectivity index (χ1) is 18.0. The molecule has 0 fully saturated rings. The Kier molecular flexibility index (Phi) is 14.6. The number of ether oxygens (including phenoxy) is 2. The number of amides is 2. The van der Waals surface area contributed by atoms with E-state index >= 15 is 0 Å². The van der Waals surface area contributed by atoms with E-state index in [2.05, 4.69) is 52.3 Å². The largest absolute Gasteiger partial charge is 2.00 e. The number of Topliss-reactive ketones (excluding diaryl/α,β-unsaturated/α-hetero) is 1. The summed E-state index contributed by atoms with van der Waals surface area (Å²) in [6.07, 6.45) is 3.04. The quantitative estimate of drug-likeness (QED) is 0.182. The monoisotopic (exact) mass is 728 g/mol. The van der Waals surface area contributed by atoms with Crippen molar-refractivity contribution in [3.8, 4) is 0 Å². The summed E-state index contributed by atoms with van der Waals surface area (Å²) in [5.41, 5.74) is 2.16. The number of alkyl carbamates (subject to hydrolysis) is 2. The summed E-state index contributed by atoms with van der Waals surface area (Å²) in [7, 11) is 2.38. The molecule has 2 aromatic heterocycles. The van der Waals surface area contributed by atoms with E-state index in [-0.39, 0.29) is 59.2 Å². The van der Waals surface area contributed by atoms with Gasteiger partial charge >= 0.3 is 33.3 Å². The maximum absolute atomic E-state index is 12.4. The number of ketones is 1. The standard InChI is InChI=1S/C14H17N3O3P.C11H16N3O3.W/c1-8(2)11(17-14(19)20-3)12(18)21-13-15-9-6-4-5-7-10(9)16-13;1-7(2)10(14-11(16)17-3)8(15)6-9-12-4-5-13-9;/h4,6-8,11,21H,1-3H3,(H,15,16)(H,17,19);4,7,10H,6H2,1-3H3,(H,12,13)(H,14,16);/q2*-1;+2. The van der Waals surface area contributed by atoms with Gasteiger partial charge in [-0.2, -0.15) is 12.1 Å². The SMILES string of the molecule is COC(=O)NC(C(=O)Cc1n[c-]c[nH]1)C(C)C.COC(=O)NC(C(=O)Pc1nc2c[c-]ccc2[nH]1)C(C)C.[W+2]. The molecular formula is C25H33N6O6PW. The molecule has 0 radical (unpaired) electrons. The molecule has 2 amide bonds. The summed E-state index contributed by atoms with van der Waals surface area (Å²) < 4.78 is 9.04. The Hall–Kier alpha value is -3.10. The zero-order valence-electron chi connectivity index (χ0n) is 22.6. The molecule has 39 heavy (non-hydrogen) atoms. The number of carbonyl (C=O) groups is 4. The van der Waals surface area contributed by atoms with Crippen LogP contribution in [-0.2, 0) is 46.5 Å². The maximum Gasteiger partial charge on any atom is 2.00 e. The van der Waals surface area contributed by atoms with Gasteiger partial charge in [-0.3, -0.25) is 14.6 Å². The van der Waals surface area contributed by atoms with Crippen molar-refractivity contribution in [1.82, 2.24) is 30.6 Å². The van der Waals surface area contributed by atoms with Crippen molar-refractivity contribution in [2.75, 3.05) is 14.2 Å². The molecule has 210 valence electrons. The van der Waals surface area contributed by atoms with Crippen molar-refractivity contribution in [2.24, 2.45) is 11.8 Å². The van der Waals surface area contributed by atoms with Crippen LogP contribution in [0.5, 0.6) is 0 Å². The molecule has 0 spiro atoms. The molecule has 0 aliphatic heterocycles. The van der Waals surface area contributed by atoms with Crippen molar-refractivity contribution in [2.45, 2.75) is 46.2 Å². The summed E-state index contributed by atoms with van der Waals surface area (Å²) in [6.45, 7) is 7.45. The number of hydrogen-bond acceptors (Lipinski definition) is 8. The summed E-state index contributed by atoms with van der Waals surface area (Å²) in [4.78, 5) is 60.9. The van der Waals surface area contributed by atoms with Crippen LogP contribution >= 0.6 is 8.58 Å². The van der Waals surface area contributed by atoms with Gasteiger partial charge in [-0.25, -0.2) is 9.59 Å². The Labute approximate surface area is 243 Å². The molecule has 2 heterocycles. The Bertz CT molecular complexity index is 1180.